The molecule has 0 fully saturated rings. The van der Waals surface area contributed by atoms with Gasteiger partial charge in [0.1, 0.15) is 0 Å². The minimum absolute atomic E-state index is 0. The molecule has 0 saturated carbocycles. The zero-order chi connectivity index (χ0) is 38.7. The van der Waals surface area contributed by atoms with Crippen LogP contribution in [-0.4, -0.2) is 13.8 Å². The van der Waals surface area contributed by atoms with Crippen LogP contribution in [0.25, 0.3) is 11.1 Å². The molecule has 8 heteroatoms. The van der Waals surface area contributed by atoms with Crippen molar-refractivity contribution in [3.05, 3.63) is 184 Å². The Balaban J connectivity index is -0.0000000952. The summed E-state index contributed by atoms with van der Waals surface area (Å²) in [5, 5.41) is 0. The Labute approximate surface area is 431 Å². The number of unbranched alkanes of at least 4 members (excludes halogenated alkanes) is 2. The number of allylic oxidation sites excluding steroid dienone is 16. The van der Waals surface area contributed by atoms with Gasteiger partial charge in [-0.1, -0.05) is 166 Å². The minimum atomic E-state index is 0. The van der Waals surface area contributed by atoms with Crippen molar-refractivity contribution >= 4 is 74.5 Å². The van der Waals surface area contributed by atoms with Gasteiger partial charge in [-0.25, -0.2) is 46.6 Å². The average molecular weight is 1090 g/mol. The van der Waals surface area contributed by atoms with Crippen molar-refractivity contribution in [2.75, 3.05) is 0 Å². The van der Waals surface area contributed by atoms with E-state index >= 15 is 0 Å². The van der Waals surface area contributed by atoms with E-state index in [2.05, 4.69) is 165 Å². The zero-order valence-corrected chi connectivity index (χ0v) is 50.4. The number of halogens is 4. The first kappa shape index (κ1) is 77.0. The molecule has 4 aliphatic carbocycles. The Morgan fingerprint density at radius 3 is 1.00 bits per heavy atom. The van der Waals surface area contributed by atoms with Crippen LogP contribution in [0.15, 0.2) is 118 Å². The van der Waals surface area contributed by atoms with Crippen LogP contribution < -0.4 is 0 Å². The molecule has 0 saturated heterocycles. The zero-order valence-electron chi connectivity index (χ0n) is 39.4. The molecule has 4 aliphatic rings. The molecule has 340 valence electrons. The van der Waals surface area contributed by atoms with Crippen molar-refractivity contribution in [2.45, 2.75) is 120 Å². The van der Waals surface area contributed by atoms with Gasteiger partial charge < -0.3 is 29.7 Å². The number of hydrogen-bond donors (Lipinski definition) is 0. The molecule has 0 amide bonds. The summed E-state index contributed by atoms with van der Waals surface area (Å²) in [7, 11) is 0. The van der Waals surface area contributed by atoms with E-state index in [1.54, 1.807) is 46.7 Å². The molecule has 2 aromatic rings. The molecule has 0 spiro atoms. The third kappa shape index (κ3) is 32.4. The normalized spacial score (nSPS) is 13.1. The molecule has 60 heavy (non-hydrogen) atoms. The van der Waals surface area contributed by atoms with E-state index in [1.165, 1.54) is 94.2 Å². The van der Waals surface area contributed by atoms with E-state index in [0.29, 0.717) is 11.8 Å². The average Bonchev–Trinajstić information content (AvgIpc) is 4.02. The summed E-state index contributed by atoms with van der Waals surface area (Å²) in [5.74, 6) is 1.31. The van der Waals surface area contributed by atoms with Crippen molar-refractivity contribution in [1.82, 2.24) is 0 Å². The molecule has 0 N–H and O–H groups in total. The van der Waals surface area contributed by atoms with Gasteiger partial charge in [0.05, 0.1) is 0 Å². The molecule has 0 nitrogen and oxygen atoms in total. The summed E-state index contributed by atoms with van der Waals surface area (Å²) in [6, 6.07) is 21.2. The van der Waals surface area contributed by atoms with Crippen molar-refractivity contribution in [3.63, 3.8) is 0 Å². The molecule has 0 unspecified atom stereocenters. The topological polar surface area (TPSA) is 0 Å². The van der Waals surface area contributed by atoms with Gasteiger partial charge in [-0.2, -0.15) is 11.1 Å². The maximum absolute atomic E-state index is 3.46. The second kappa shape index (κ2) is 48.2. The molecule has 6 rings (SSSR count). The molecule has 0 aromatic heterocycles. The molecule has 0 radical (unpaired) electrons. The van der Waals surface area contributed by atoms with E-state index in [-0.39, 0.29) is 79.3 Å². The summed E-state index contributed by atoms with van der Waals surface area (Å²) < 4.78 is 0. The Morgan fingerprint density at radius 1 is 0.483 bits per heavy atom. The van der Waals surface area contributed by atoms with E-state index in [1.807, 2.05) is 13.8 Å². The maximum atomic E-state index is 3.46. The summed E-state index contributed by atoms with van der Waals surface area (Å²) >= 11 is 3.16. The van der Waals surface area contributed by atoms with Crippen LogP contribution in [0.5, 0.6) is 0 Å². The monoisotopic (exact) mass is 1080 g/mol. The Bertz CT molecular complexity index is 1470. The van der Waals surface area contributed by atoms with E-state index in [0.717, 1.165) is 25.7 Å². The molecule has 0 atom stereocenters. The van der Waals surface area contributed by atoms with Gasteiger partial charge in [0.2, 0.25) is 0 Å². The summed E-state index contributed by atoms with van der Waals surface area (Å²) in [4.78, 5) is 0. The van der Waals surface area contributed by atoms with Gasteiger partial charge in [0, 0.05) is 0 Å². The first-order chi connectivity index (χ1) is 25.2. The molecular formula is C52H80Cl4Si2Zr2-8. The Kier molecular flexibility index (Phi) is 61.8. The fraction of sp³-hybridized carbons (Fsp3) is 0.385. The molecular weight excluding hydrogens is 1010 g/mol. The third-order valence-electron chi connectivity index (χ3n) is 8.79. The van der Waals surface area contributed by atoms with Crippen molar-refractivity contribution < 1.29 is 46.7 Å². The van der Waals surface area contributed by atoms with Crippen molar-refractivity contribution in [1.29, 1.82) is 0 Å². The third-order valence-corrected chi connectivity index (χ3v) is 8.79. The molecule has 0 bridgehead atoms. The Hall–Kier alpha value is -0.280. The van der Waals surface area contributed by atoms with Gasteiger partial charge in [-0.05, 0) is 11.1 Å². The molecule has 2 aromatic carbocycles. The van der Waals surface area contributed by atoms with Gasteiger partial charge in [-0.15, -0.1) is 86.5 Å². The second-order valence-electron chi connectivity index (χ2n) is 13.9. The molecule has 0 heterocycles. The standard InChI is InChI=1S/2C15H17.2C9H13.4CH3.4ClH.2H2Si.2Zr/c2*1-2-3-7-13-10-11-15(12-13)14-8-5-4-6-9-14;2*1-7(2)9-5-4-8(3)6-9;;;;;;;;;;;;/h2*4-6,8-9,12H,2-3,7,11H2,1H3;2*6-7H,4H2,1-3H3;4*1H3;4*1H;2*1H2;;/q8*-1;;;;;;;;. The fourth-order valence-electron chi connectivity index (χ4n) is 5.73. The van der Waals surface area contributed by atoms with Gasteiger partial charge >= 0.3 is 60.4 Å². The van der Waals surface area contributed by atoms with Crippen LogP contribution in [0.1, 0.15) is 131 Å². The van der Waals surface area contributed by atoms with Gasteiger partial charge in [0.15, 0.2) is 0 Å². The summed E-state index contributed by atoms with van der Waals surface area (Å²) in [6.45, 7) is 21.5. The van der Waals surface area contributed by atoms with Gasteiger partial charge in [-0.3, -0.25) is 24.3 Å². The molecule has 0 aliphatic heterocycles. The summed E-state index contributed by atoms with van der Waals surface area (Å²) in [5.41, 5.74) is 14.0. The van der Waals surface area contributed by atoms with Crippen molar-refractivity contribution in [2.24, 2.45) is 11.8 Å². The summed E-state index contributed by atoms with van der Waals surface area (Å²) in [6.07, 6.45) is 34.2. The van der Waals surface area contributed by atoms with Crippen LogP contribution in [0.3, 0.4) is 0 Å². The van der Waals surface area contributed by atoms with E-state index in [9.17, 15) is 0 Å². The number of benzene rings is 2. The van der Waals surface area contributed by atoms with E-state index in [4.69, 9.17) is 0 Å². The van der Waals surface area contributed by atoms with Crippen LogP contribution >= 0.6 is 49.6 Å². The number of hydrogen-bond acceptors (Lipinski definition) is 0. The van der Waals surface area contributed by atoms with E-state index < -0.39 is 0 Å². The van der Waals surface area contributed by atoms with Crippen LogP contribution in [-0.2, 0) is 46.7 Å². The Morgan fingerprint density at radius 2 is 0.783 bits per heavy atom. The van der Waals surface area contributed by atoms with Crippen LogP contribution in [0.2, 0.25) is 0 Å². The first-order valence-corrected chi connectivity index (χ1v) is 31.0. The SMILES string of the molecule is CC1=CC(C(C)C)=[C-]C1.CC1=CC(C(C)C)=[C-]C1.CCCCC1=[C-]CC(c2ccccc2)=C1.CCCCC1=[C-]CC(c2ccccc2)=C1.Cl.Cl.Cl.Cl.[CH3-].[CH3-].[CH3-].[CH3-].[SiH2]=[Zr].[SiH2]=[Zr]. The second-order valence-corrected chi connectivity index (χ2v) is 13.9. The van der Waals surface area contributed by atoms with Crippen molar-refractivity contribution in [3.8, 4) is 0 Å². The first-order valence-electron chi connectivity index (χ1n) is 19.2. The predicted molar refractivity (Wildman–Crippen MR) is 282 cm³/mol. The number of rotatable bonds is 10. The quantitative estimate of drug-likeness (QED) is 0.164. The fourth-order valence-corrected chi connectivity index (χ4v) is 5.73. The van der Waals surface area contributed by atoms with Crippen LogP contribution in [0.4, 0.5) is 0 Å². The predicted octanol–water partition coefficient (Wildman–Crippen LogP) is 15.9. The van der Waals surface area contributed by atoms with Crippen LogP contribution in [0, 0.1) is 65.8 Å². The van der Waals surface area contributed by atoms with Gasteiger partial charge in [0.25, 0.3) is 0 Å².